The zero-order chi connectivity index (χ0) is 35.3. The molecule has 5 atom stereocenters. The predicted octanol–water partition coefficient (Wildman–Crippen LogP) is 4.55. The number of fused-ring (bicyclic) bond motifs is 8. The van der Waals surface area contributed by atoms with Gasteiger partial charge in [0.2, 0.25) is 5.91 Å². The molecule has 3 aliphatic heterocycles. The summed E-state index contributed by atoms with van der Waals surface area (Å²) in [4.78, 5) is 30.8. The SMILES string of the molecule is CCc1c(C)c2cc3[nH]c(cc4nc(c(C)c5nc(cc1[nH]2)C(C)=C5)C(CCC(=O)N[C@@H]1C(O)O[C@H](CO)[C@@H](O)[C@@H]1O)=C4C)c(C)c3CC. The van der Waals surface area contributed by atoms with Crippen LogP contribution in [0.15, 0.2) is 18.2 Å². The summed E-state index contributed by atoms with van der Waals surface area (Å²) in [7, 11) is 0. The number of amides is 1. The Morgan fingerprint density at radius 3 is 2.08 bits per heavy atom. The van der Waals surface area contributed by atoms with Gasteiger partial charge in [0, 0.05) is 34.1 Å². The second-order valence-electron chi connectivity index (χ2n) is 13.4. The molecule has 1 fully saturated rings. The van der Waals surface area contributed by atoms with Gasteiger partial charge in [-0.1, -0.05) is 13.8 Å². The van der Waals surface area contributed by atoms with Crippen LogP contribution in [0.5, 0.6) is 0 Å². The number of nitrogens with one attached hydrogen (secondary N) is 3. The molecule has 3 aromatic rings. The first-order valence-electron chi connectivity index (χ1n) is 17.1. The molecule has 11 heteroatoms. The minimum atomic E-state index is -1.59. The molecule has 6 heterocycles. The van der Waals surface area contributed by atoms with Gasteiger partial charge in [0.05, 0.1) is 29.4 Å². The van der Waals surface area contributed by atoms with Crippen LogP contribution in [0.4, 0.5) is 0 Å². The summed E-state index contributed by atoms with van der Waals surface area (Å²) < 4.78 is 5.21. The molecule has 0 saturated carbocycles. The lowest BCUT2D eigenvalue weighted by atomic mass is 9.96. The third kappa shape index (κ3) is 6.26. The fourth-order valence-corrected chi connectivity index (χ4v) is 7.32. The van der Waals surface area contributed by atoms with Crippen molar-refractivity contribution in [1.29, 1.82) is 0 Å². The first-order valence-corrected chi connectivity index (χ1v) is 17.1. The van der Waals surface area contributed by atoms with E-state index in [0.29, 0.717) is 6.42 Å². The van der Waals surface area contributed by atoms with Gasteiger partial charge < -0.3 is 40.4 Å². The highest BCUT2D eigenvalue weighted by Gasteiger charge is 2.44. The number of allylic oxidation sites excluding steroid dienone is 3. The lowest BCUT2D eigenvalue weighted by Gasteiger charge is -2.40. The second kappa shape index (κ2) is 13.6. The van der Waals surface area contributed by atoms with Crippen LogP contribution in [0.25, 0.3) is 44.9 Å². The van der Waals surface area contributed by atoms with Crippen molar-refractivity contribution in [1.82, 2.24) is 25.3 Å². The van der Waals surface area contributed by atoms with Crippen molar-refractivity contribution < 1.29 is 30.0 Å². The van der Waals surface area contributed by atoms with E-state index in [2.05, 4.69) is 74.2 Å². The average molecular weight is 670 g/mol. The van der Waals surface area contributed by atoms with Gasteiger partial charge in [-0.05, 0) is 117 Å². The summed E-state index contributed by atoms with van der Waals surface area (Å²) in [6, 6.07) is 5.15. The lowest BCUT2D eigenvalue weighted by Crippen LogP contribution is -2.64. The zero-order valence-electron chi connectivity index (χ0n) is 29.2. The third-order valence-electron chi connectivity index (χ3n) is 10.4. The summed E-state index contributed by atoms with van der Waals surface area (Å²) in [5, 5.41) is 43.2. The number of aliphatic hydroxyl groups is 4. The Bertz CT molecular complexity index is 2040. The Morgan fingerprint density at radius 2 is 1.45 bits per heavy atom. The molecule has 1 amide bonds. The van der Waals surface area contributed by atoms with E-state index in [0.717, 1.165) is 85.5 Å². The Labute approximate surface area is 285 Å². The molecule has 8 bridgehead atoms. The van der Waals surface area contributed by atoms with E-state index in [1.54, 1.807) is 0 Å². The molecule has 3 aliphatic rings. The lowest BCUT2D eigenvalue weighted by molar-refractivity contribution is -0.253. The monoisotopic (exact) mass is 669 g/mol. The second-order valence-corrected chi connectivity index (χ2v) is 13.4. The average Bonchev–Trinajstić information content (AvgIpc) is 3.78. The maximum absolute atomic E-state index is 13.2. The number of carbonyl (C=O) groups is 1. The highest BCUT2D eigenvalue weighted by molar-refractivity contribution is 5.95. The Hall–Kier alpha value is -4.13. The van der Waals surface area contributed by atoms with E-state index < -0.39 is 43.2 Å². The van der Waals surface area contributed by atoms with Gasteiger partial charge >= 0.3 is 0 Å². The quantitative estimate of drug-likeness (QED) is 0.192. The predicted molar refractivity (Wildman–Crippen MR) is 191 cm³/mol. The first kappa shape index (κ1) is 34.7. The van der Waals surface area contributed by atoms with Crippen LogP contribution in [-0.2, 0) is 22.4 Å². The van der Waals surface area contributed by atoms with Crippen molar-refractivity contribution in [3.63, 3.8) is 0 Å². The van der Waals surface area contributed by atoms with Crippen LogP contribution in [0, 0.1) is 20.8 Å². The van der Waals surface area contributed by atoms with Gasteiger partial charge in [0.1, 0.15) is 24.4 Å². The van der Waals surface area contributed by atoms with Crippen LogP contribution in [0.2, 0.25) is 0 Å². The van der Waals surface area contributed by atoms with Gasteiger partial charge in [-0.2, -0.15) is 0 Å². The number of H-pyrrole nitrogens is 2. The van der Waals surface area contributed by atoms with Crippen molar-refractivity contribution in [3.8, 4) is 0 Å². The van der Waals surface area contributed by atoms with Crippen LogP contribution in [0.3, 0.4) is 0 Å². The summed E-state index contributed by atoms with van der Waals surface area (Å²) >= 11 is 0. The molecule has 11 nitrogen and oxygen atoms in total. The minimum Gasteiger partial charge on any atom is -0.394 e. The van der Waals surface area contributed by atoms with E-state index in [4.69, 9.17) is 14.7 Å². The summed E-state index contributed by atoms with van der Waals surface area (Å²) in [5.41, 5.74) is 16.0. The topological polar surface area (TPSA) is 177 Å². The first-order chi connectivity index (χ1) is 23.4. The smallest absolute Gasteiger partial charge is 0.220 e. The molecule has 0 radical (unpaired) electrons. The highest BCUT2D eigenvalue weighted by atomic mass is 16.6. The van der Waals surface area contributed by atoms with Crippen molar-refractivity contribution in [2.24, 2.45) is 0 Å². The van der Waals surface area contributed by atoms with Gasteiger partial charge in [-0.25, -0.2) is 9.97 Å². The molecule has 7 N–H and O–H groups in total. The number of rotatable bonds is 7. The number of aromatic nitrogens is 4. The van der Waals surface area contributed by atoms with Crippen molar-refractivity contribution in [2.45, 2.75) is 105 Å². The number of aliphatic hydroxyl groups excluding tert-OH is 4. The summed E-state index contributed by atoms with van der Waals surface area (Å²) in [5.74, 6) is -0.436. The molecule has 1 unspecified atom stereocenters. The minimum absolute atomic E-state index is 0.0307. The van der Waals surface area contributed by atoms with E-state index in [-0.39, 0.29) is 6.42 Å². The molecule has 49 heavy (non-hydrogen) atoms. The number of ether oxygens (including phenoxy) is 1. The van der Waals surface area contributed by atoms with Crippen molar-refractivity contribution >= 4 is 50.8 Å². The van der Waals surface area contributed by atoms with E-state index in [1.807, 2.05) is 13.8 Å². The molecule has 6 rings (SSSR count). The number of aryl methyl sites for hydroxylation is 4. The number of aromatic amines is 2. The van der Waals surface area contributed by atoms with E-state index >= 15 is 0 Å². The molecule has 3 aromatic heterocycles. The standard InChI is InChI=1S/C38H47N5O6/c1-8-22-19(5)28-15-31-23(9-2)18(4)27(40-31)14-29-20(6)24(10-11-33(45)43-35-37(47)36(46)32(16-44)49-38(35)48)34(42-29)21(7)26-12-17(3)25(39-26)13-30(22)41-28/h12-15,32,35-38,40-41,44,46-48H,8-11,16H2,1-7H3,(H,43,45)/t32-,35+,36-,37-,38?/m1/s1. The Kier molecular flexibility index (Phi) is 9.67. The molecular formula is C38H47N5O6. The highest BCUT2D eigenvalue weighted by Crippen LogP contribution is 2.37. The normalized spacial score (nSPS) is 22.4. The largest absolute Gasteiger partial charge is 0.394 e. The molecule has 0 aromatic carbocycles. The van der Waals surface area contributed by atoms with Crippen LogP contribution >= 0.6 is 0 Å². The summed E-state index contributed by atoms with van der Waals surface area (Å²) in [6.45, 7) is 14.1. The van der Waals surface area contributed by atoms with Gasteiger partial charge in [-0.3, -0.25) is 4.79 Å². The van der Waals surface area contributed by atoms with Gasteiger partial charge in [-0.15, -0.1) is 0 Å². The van der Waals surface area contributed by atoms with E-state index in [1.165, 1.54) is 16.7 Å². The number of hydrogen-bond acceptors (Lipinski definition) is 8. The maximum Gasteiger partial charge on any atom is 0.220 e. The Balaban J connectivity index is 1.47. The van der Waals surface area contributed by atoms with Crippen LogP contribution in [0.1, 0.15) is 91.1 Å². The van der Waals surface area contributed by atoms with Crippen molar-refractivity contribution in [2.75, 3.05) is 6.61 Å². The maximum atomic E-state index is 13.2. The Morgan fingerprint density at radius 1 is 0.837 bits per heavy atom. The van der Waals surface area contributed by atoms with E-state index in [9.17, 15) is 25.2 Å². The summed E-state index contributed by atoms with van der Waals surface area (Å²) in [6.07, 6.45) is -1.54. The van der Waals surface area contributed by atoms with Crippen LogP contribution in [-0.4, -0.2) is 83.5 Å². The zero-order valence-corrected chi connectivity index (χ0v) is 29.2. The fraction of sp³-hybridized carbons (Fsp3) is 0.447. The van der Waals surface area contributed by atoms with Crippen molar-refractivity contribution in [3.05, 3.63) is 68.8 Å². The number of nitrogens with zero attached hydrogens (tertiary/aromatic N) is 2. The molecular weight excluding hydrogens is 622 g/mol. The van der Waals surface area contributed by atoms with Gasteiger partial charge in [0.25, 0.3) is 0 Å². The molecule has 0 aliphatic carbocycles. The molecule has 1 saturated heterocycles. The molecule has 0 spiro atoms. The van der Waals surface area contributed by atoms with Gasteiger partial charge in [0.15, 0.2) is 6.29 Å². The number of carbonyl (C=O) groups excluding carboxylic acids is 1. The van der Waals surface area contributed by atoms with Crippen LogP contribution < -0.4 is 5.32 Å². The fourth-order valence-electron chi connectivity index (χ4n) is 7.32. The number of hydrogen-bond donors (Lipinski definition) is 7. The third-order valence-corrected chi connectivity index (χ3v) is 10.4. The molecule has 260 valence electrons.